The zero-order chi connectivity index (χ0) is 13.0. The van der Waals surface area contributed by atoms with E-state index in [-0.39, 0.29) is 19.8 Å². The Balaban J connectivity index is 1.81. The van der Waals surface area contributed by atoms with Crippen molar-refractivity contribution in [2.24, 2.45) is 0 Å². The van der Waals surface area contributed by atoms with Gasteiger partial charge in [-0.1, -0.05) is 15.9 Å². The first kappa shape index (κ1) is 13.7. The van der Waals surface area contributed by atoms with Crippen LogP contribution in [0.15, 0.2) is 28.7 Å². The number of alkyl halides is 2. The molecular formula is C12H13BrF2O3. The van der Waals surface area contributed by atoms with Gasteiger partial charge in [0.2, 0.25) is 0 Å². The van der Waals surface area contributed by atoms with E-state index in [9.17, 15) is 8.78 Å². The summed E-state index contributed by atoms with van der Waals surface area (Å²) in [5.41, 5.74) is 0. The molecule has 1 heterocycles. The van der Waals surface area contributed by atoms with E-state index in [1.54, 1.807) is 12.1 Å². The van der Waals surface area contributed by atoms with Crippen LogP contribution in [0.2, 0.25) is 0 Å². The van der Waals surface area contributed by atoms with Crippen LogP contribution in [0.25, 0.3) is 0 Å². The fraction of sp³-hybridized carbons (Fsp3) is 0.500. The molecule has 1 aromatic carbocycles. The number of ether oxygens (including phenoxy) is 3. The molecule has 0 aliphatic carbocycles. The highest BCUT2D eigenvalue weighted by Crippen LogP contribution is 2.18. The van der Waals surface area contributed by atoms with Crippen molar-refractivity contribution in [3.63, 3.8) is 0 Å². The third kappa shape index (κ3) is 3.90. The summed E-state index contributed by atoms with van der Waals surface area (Å²) in [5.74, 6) is 0.668. The van der Waals surface area contributed by atoms with Gasteiger partial charge in [0.15, 0.2) is 0 Å². The van der Waals surface area contributed by atoms with Crippen LogP contribution < -0.4 is 4.74 Å². The van der Waals surface area contributed by atoms with Gasteiger partial charge < -0.3 is 14.2 Å². The minimum atomic E-state index is -2.53. The van der Waals surface area contributed by atoms with Gasteiger partial charge in [0.25, 0.3) is 6.43 Å². The van der Waals surface area contributed by atoms with Crippen molar-refractivity contribution < 1.29 is 23.0 Å². The molecule has 0 amide bonds. The second kappa shape index (κ2) is 6.45. The quantitative estimate of drug-likeness (QED) is 0.853. The summed E-state index contributed by atoms with van der Waals surface area (Å²) in [7, 11) is 0. The topological polar surface area (TPSA) is 27.7 Å². The SMILES string of the molecule is FC(F)C1COCC(COc2ccc(Br)cc2)O1. The van der Waals surface area contributed by atoms with Crippen molar-refractivity contribution in [2.75, 3.05) is 19.8 Å². The molecule has 3 nitrogen and oxygen atoms in total. The van der Waals surface area contributed by atoms with Crippen LogP contribution in [-0.4, -0.2) is 38.5 Å². The number of hydrogen-bond donors (Lipinski definition) is 0. The van der Waals surface area contributed by atoms with E-state index >= 15 is 0 Å². The maximum absolute atomic E-state index is 12.5. The minimum absolute atomic E-state index is 0.0630. The maximum Gasteiger partial charge on any atom is 0.266 e. The molecule has 1 aliphatic rings. The van der Waals surface area contributed by atoms with Crippen molar-refractivity contribution >= 4 is 15.9 Å². The molecule has 2 rings (SSSR count). The Morgan fingerprint density at radius 1 is 1.28 bits per heavy atom. The molecule has 2 unspecified atom stereocenters. The van der Waals surface area contributed by atoms with E-state index in [1.165, 1.54) is 0 Å². The van der Waals surface area contributed by atoms with Crippen molar-refractivity contribution in [3.8, 4) is 5.75 Å². The highest BCUT2D eigenvalue weighted by Gasteiger charge is 2.30. The summed E-state index contributed by atoms with van der Waals surface area (Å²) in [4.78, 5) is 0. The first-order chi connectivity index (χ1) is 8.65. The minimum Gasteiger partial charge on any atom is -0.491 e. The van der Waals surface area contributed by atoms with Crippen molar-refractivity contribution in [2.45, 2.75) is 18.6 Å². The molecule has 1 fully saturated rings. The molecule has 1 aromatic rings. The Kier molecular flexibility index (Phi) is 4.91. The van der Waals surface area contributed by atoms with Gasteiger partial charge in [-0.05, 0) is 24.3 Å². The molecule has 1 saturated heterocycles. The van der Waals surface area contributed by atoms with Crippen molar-refractivity contribution in [1.82, 2.24) is 0 Å². The highest BCUT2D eigenvalue weighted by molar-refractivity contribution is 9.10. The second-order valence-corrected chi connectivity index (χ2v) is 4.85. The second-order valence-electron chi connectivity index (χ2n) is 3.93. The molecular weight excluding hydrogens is 310 g/mol. The zero-order valence-corrected chi connectivity index (χ0v) is 11.1. The summed E-state index contributed by atoms with van der Waals surface area (Å²) in [5, 5.41) is 0. The molecule has 0 bridgehead atoms. The molecule has 0 saturated carbocycles. The molecule has 0 N–H and O–H groups in total. The van der Waals surface area contributed by atoms with E-state index in [2.05, 4.69) is 15.9 Å². The normalized spacial score (nSPS) is 24.2. The van der Waals surface area contributed by atoms with Gasteiger partial charge in [-0.2, -0.15) is 0 Å². The average molecular weight is 323 g/mol. The lowest BCUT2D eigenvalue weighted by atomic mass is 10.3. The molecule has 2 atom stereocenters. The molecule has 18 heavy (non-hydrogen) atoms. The number of benzene rings is 1. The van der Waals surface area contributed by atoms with Gasteiger partial charge in [0, 0.05) is 4.47 Å². The molecule has 6 heteroatoms. The Bertz CT molecular complexity index is 372. The van der Waals surface area contributed by atoms with E-state index in [0.29, 0.717) is 5.75 Å². The summed E-state index contributed by atoms with van der Waals surface area (Å²) in [6.07, 6.45) is -4.14. The van der Waals surface area contributed by atoms with Gasteiger partial charge in [0.1, 0.15) is 24.6 Å². The molecule has 0 spiro atoms. The van der Waals surface area contributed by atoms with Gasteiger partial charge in [0.05, 0.1) is 13.2 Å². The standard InChI is InChI=1S/C12H13BrF2O3/c13-8-1-3-9(4-2-8)17-6-10-5-16-7-11(18-10)12(14)15/h1-4,10-12H,5-7H2. The molecule has 100 valence electrons. The van der Waals surface area contributed by atoms with E-state index in [4.69, 9.17) is 14.2 Å². The van der Waals surface area contributed by atoms with Crippen LogP contribution in [0.3, 0.4) is 0 Å². The third-order valence-corrected chi connectivity index (χ3v) is 3.01. The Morgan fingerprint density at radius 2 is 2.00 bits per heavy atom. The highest BCUT2D eigenvalue weighted by atomic mass is 79.9. The first-order valence-corrected chi connectivity index (χ1v) is 6.34. The van der Waals surface area contributed by atoms with E-state index in [1.807, 2.05) is 12.1 Å². The van der Waals surface area contributed by atoms with Gasteiger partial charge in [-0.3, -0.25) is 0 Å². The van der Waals surface area contributed by atoms with Crippen molar-refractivity contribution in [1.29, 1.82) is 0 Å². The summed E-state index contributed by atoms with van der Waals surface area (Å²) >= 11 is 3.31. The molecule has 0 aromatic heterocycles. The van der Waals surface area contributed by atoms with Crippen LogP contribution >= 0.6 is 15.9 Å². The lowest BCUT2D eigenvalue weighted by Gasteiger charge is -2.29. The lowest BCUT2D eigenvalue weighted by molar-refractivity contribution is -0.187. The monoisotopic (exact) mass is 322 g/mol. The van der Waals surface area contributed by atoms with Crippen LogP contribution in [0.1, 0.15) is 0 Å². The Hall–Kier alpha value is -0.720. The summed E-state index contributed by atoms with van der Waals surface area (Å²) in [6, 6.07) is 7.27. The van der Waals surface area contributed by atoms with Crippen LogP contribution in [0.5, 0.6) is 5.75 Å². The van der Waals surface area contributed by atoms with E-state index in [0.717, 1.165) is 4.47 Å². The zero-order valence-electron chi connectivity index (χ0n) is 9.52. The summed E-state index contributed by atoms with van der Waals surface area (Å²) < 4.78 is 41.6. The van der Waals surface area contributed by atoms with Gasteiger partial charge in [-0.25, -0.2) is 8.78 Å². The van der Waals surface area contributed by atoms with E-state index < -0.39 is 18.6 Å². The smallest absolute Gasteiger partial charge is 0.266 e. The number of hydrogen-bond acceptors (Lipinski definition) is 3. The van der Waals surface area contributed by atoms with Crippen LogP contribution in [0.4, 0.5) is 8.78 Å². The molecule has 0 radical (unpaired) electrons. The fourth-order valence-corrected chi connectivity index (χ4v) is 1.85. The predicted octanol–water partition coefficient (Wildman–Crippen LogP) is 2.88. The first-order valence-electron chi connectivity index (χ1n) is 5.55. The van der Waals surface area contributed by atoms with Crippen LogP contribution in [0, 0.1) is 0 Å². The third-order valence-electron chi connectivity index (χ3n) is 2.48. The van der Waals surface area contributed by atoms with Gasteiger partial charge in [-0.15, -0.1) is 0 Å². The fourth-order valence-electron chi connectivity index (χ4n) is 1.58. The Labute approximate surface area is 112 Å². The largest absolute Gasteiger partial charge is 0.491 e. The number of halogens is 3. The predicted molar refractivity (Wildman–Crippen MR) is 65.1 cm³/mol. The Morgan fingerprint density at radius 3 is 2.67 bits per heavy atom. The number of rotatable bonds is 4. The average Bonchev–Trinajstić information content (AvgIpc) is 2.38. The lowest BCUT2D eigenvalue weighted by Crippen LogP contribution is -2.42. The van der Waals surface area contributed by atoms with Gasteiger partial charge >= 0.3 is 0 Å². The maximum atomic E-state index is 12.5. The van der Waals surface area contributed by atoms with Crippen molar-refractivity contribution in [3.05, 3.63) is 28.7 Å². The summed E-state index contributed by atoms with van der Waals surface area (Å²) in [6.45, 7) is 0.414. The van der Waals surface area contributed by atoms with Crippen LogP contribution in [-0.2, 0) is 9.47 Å². The molecule has 1 aliphatic heterocycles.